The summed E-state index contributed by atoms with van der Waals surface area (Å²) in [6.45, 7) is 0. The molecule has 1 aliphatic rings. The van der Waals surface area contributed by atoms with Crippen molar-refractivity contribution in [2.75, 3.05) is 0 Å². The third kappa shape index (κ3) is 6.24. The zero-order chi connectivity index (χ0) is 19.8. The molecule has 0 spiro atoms. The number of hydrogen-bond donors (Lipinski definition) is 3. The Kier molecular flexibility index (Phi) is 7.58. The summed E-state index contributed by atoms with van der Waals surface area (Å²) in [5.74, 6) is -1.83. The Morgan fingerprint density at radius 1 is 1.11 bits per heavy atom. The van der Waals surface area contributed by atoms with Crippen LogP contribution in [0, 0.1) is 11.8 Å². The van der Waals surface area contributed by atoms with Crippen LogP contribution < -0.4 is 0 Å². The molecular formula is C21H26O6. The Morgan fingerprint density at radius 2 is 1.85 bits per heavy atom. The number of allylic oxidation sites excluding steroid dienone is 1. The van der Waals surface area contributed by atoms with E-state index >= 15 is 0 Å². The van der Waals surface area contributed by atoms with Gasteiger partial charge in [0.2, 0.25) is 0 Å². The van der Waals surface area contributed by atoms with Crippen molar-refractivity contribution in [2.24, 2.45) is 11.8 Å². The van der Waals surface area contributed by atoms with E-state index in [1.165, 1.54) is 12.1 Å². The van der Waals surface area contributed by atoms with E-state index in [1.54, 1.807) is 6.07 Å². The number of carboxylic acids is 2. The van der Waals surface area contributed by atoms with Gasteiger partial charge in [-0.1, -0.05) is 37.5 Å². The normalized spacial score (nSPS) is 19.6. The van der Waals surface area contributed by atoms with E-state index in [1.807, 2.05) is 12.2 Å². The standard InChI is InChI=1S/C21H26O6/c22-18-12-10-15(16(18)5-3-1-2-4-6-20(24)25)9-7-14-8-11-19(23)17(13-14)21(26)27/h7-9,11,13,15-16,23H,1-6,10,12H2,(H,24,25)(H,26,27)/b9-7+. The molecule has 0 amide bonds. The van der Waals surface area contributed by atoms with Crippen molar-refractivity contribution in [2.45, 2.75) is 51.4 Å². The number of ketones is 1. The van der Waals surface area contributed by atoms with Gasteiger partial charge >= 0.3 is 11.9 Å². The molecule has 0 radical (unpaired) electrons. The minimum Gasteiger partial charge on any atom is -0.507 e. The zero-order valence-electron chi connectivity index (χ0n) is 15.3. The van der Waals surface area contributed by atoms with Crippen LogP contribution in [0.15, 0.2) is 24.3 Å². The maximum Gasteiger partial charge on any atom is 0.339 e. The number of carboxylic acid groups (broad SMARTS) is 2. The van der Waals surface area contributed by atoms with Crippen molar-refractivity contribution in [3.05, 3.63) is 35.4 Å². The SMILES string of the molecule is O=C(O)CCCCCCC1C(=O)CCC1/C=C/c1ccc(O)c(C(=O)O)c1. The molecule has 1 saturated carbocycles. The third-order valence-corrected chi connectivity index (χ3v) is 5.10. The quantitative estimate of drug-likeness (QED) is 0.531. The second-order valence-electron chi connectivity index (χ2n) is 7.06. The maximum atomic E-state index is 12.2. The number of hydrogen-bond acceptors (Lipinski definition) is 4. The Bertz CT molecular complexity index is 721. The van der Waals surface area contributed by atoms with Gasteiger partial charge in [-0.2, -0.15) is 0 Å². The van der Waals surface area contributed by atoms with Crippen LogP contribution in [-0.2, 0) is 9.59 Å². The Labute approximate surface area is 158 Å². The first kappa shape index (κ1) is 20.7. The molecule has 1 aromatic carbocycles. The first-order valence-corrected chi connectivity index (χ1v) is 9.37. The lowest BCUT2D eigenvalue weighted by Crippen LogP contribution is -2.13. The molecule has 1 aromatic rings. The highest BCUT2D eigenvalue weighted by Gasteiger charge is 2.32. The first-order valence-electron chi connectivity index (χ1n) is 9.37. The fraction of sp³-hybridized carbons (Fsp3) is 0.476. The lowest BCUT2D eigenvalue weighted by Gasteiger charge is -2.15. The summed E-state index contributed by atoms with van der Waals surface area (Å²) in [6.07, 6.45) is 9.50. The fourth-order valence-electron chi connectivity index (χ4n) is 3.60. The molecule has 0 aromatic heterocycles. The van der Waals surface area contributed by atoms with Crippen molar-refractivity contribution in [1.29, 1.82) is 0 Å². The van der Waals surface area contributed by atoms with Crippen molar-refractivity contribution in [3.8, 4) is 5.75 Å². The summed E-state index contributed by atoms with van der Waals surface area (Å²) in [5.41, 5.74) is 0.537. The number of aliphatic carboxylic acids is 1. The van der Waals surface area contributed by atoms with Gasteiger partial charge in [-0.05, 0) is 42.9 Å². The largest absolute Gasteiger partial charge is 0.507 e. The summed E-state index contributed by atoms with van der Waals surface area (Å²) in [7, 11) is 0. The summed E-state index contributed by atoms with van der Waals surface area (Å²) >= 11 is 0. The molecule has 3 N–H and O–H groups in total. The van der Waals surface area contributed by atoms with Crippen LogP contribution in [0.2, 0.25) is 0 Å². The second kappa shape index (κ2) is 9.90. The average Bonchev–Trinajstić information content (AvgIpc) is 2.96. The van der Waals surface area contributed by atoms with Crippen molar-refractivity contribution in [3.63, 3.8) is 0 Å². The fourth-order valence-corrected chi connectivity index (χ4v) is 3.60. The number of aromatic carboxylic acids is 1. The molecule has 6 nitrogen and oxygen atoms in total. The molecule has 0 aliphatic heterocycles. The van der Waals surface area contributed by atoms with Gasteiger partial charge in [0.15, 0.2) is 0 Å². The molecule has 0 bridgehead atoms. The minimum absolute atomic E-state index is 0.0169. The Hall–Kier alpha value is -2.63. The number of carbonyl (C=O) groups is 3. The summed E-state index contributed by atoms with van der Waals surface area (Å²) < 4.78 is 0. The van der Waals surface area contributed by atoms with Crippen LogP contribution in [0.5, 0.6) is 5.75 Å². The highest BCUT2D eigenvalue weighted by molar-refractivity contribution is 5.91. The van der Waals surface area contributed by atoms with Gasteiger partial charge in [0, 0.05) is 18.8 Å². The van der Waals surface area contributed by atoms with E-state index in [-0.39, 0.29) is 35.4 Å². The third-order valence-electron chi connectivity index (χ3n) is 5.10. The van der Waals surface area contributed by atoms with Crippen LogP contribution in [0.25, 0.3) is 6.08 Å². The molecule has 2 rings (SSSR count). The predicted octanol–water partition coefficient (Wildman–Crippen LogP) is 4.12. The van der Waals surface area contributed by atoms with Gasteiger partial charge in [-0.25, -0.2) is 4.79 Å². The Morgan fingerprint density at radius 3 is 2.56 bits per heavy atom. The van der Waals surface area contributed by atoms with E-state index in [0.29, 0.717) is 18.4 Å². The number of aromatic hydroxyl groups is 1. The predicted molar refractivity (Wildman–Crippen MR) is 101 cm³/mol. The van der Waals surface area contributed by atoms with E-state index in [0.717, 1.165) is 32.1 Å². The molecule has 1 aliphatic carbocycles. The molecule has 2 atom stereocenters. The average molecular weight is 374 g/mol. The monoisotopic (exact) mass is 374 g/mol. The second-order valence-corrected chi connectivity index (χ2v) is 7.06. The van der Waals surface area contributed by atoms with Gasteiger partial charge in [-0.15, -0.1) is 0 Å². The van der Waals surface area contributed by atoms with Crippen molar-refractivity contribution in [1.82, 2.24) is 0 Å². The van der Waals surface area contributed by atoms with Gasteiger partial charge in [-0.3, -0.25) is 9.59 Å². The number of unbranched alkanes of at least 4 members (excludes halogenated alkanes) is 3. The van der Waals surface area contributed by atoms with Gasteiger partial charge in [0.25, 0.3) is 0 Å². The topological polar surface area (TPSA) is 112 Å². The Balaban J connectivity index is 1.90. The highest BCUT2D eigenvalue weighted by atomic mass is 16.4. The van der Waals surface area contributed by atoms with Crippen molar-refractivity contribution >= 4 is 23.8 Å². The number of Topliss-reactive ketones (excluding diaryl/α,β-unsaturated/α-hetero) is 1. The summed E-state index contributed by atoms with van der Waals surface area (Å²) in [4.78, 5) is 33.8. The van der Waals surface area contributed by atoms with E-state index in [2.05, 4.69) is 0 Å². The molecule has 1 fully saturated rings. The summed E-state index contributed by atoms with van der Waals surface area (Å²) in [5, 5.41) is 27.3. The van der Waals surface area contributed by atoms with Crippen LogP contribution in [0.4, 0.5) is 0 Å². The van der Waals surface area contributed by atoms with Crippen LogP contribution in [0.1, 0.15) is 67.3 Å². The lowest BCUT2D eigenvalue weighted by molar-refractivity contribution is -0.137. The minimum atomic E-state index is -1.18. The number of rotatable bonds is 10. The van der Waals surface area contributed by atoms with Crippen LogP contribution in [0.3, 0.4) is 0 Å². The summed E-state index contributed by atoms with van der Waals surface area (Å²) in [6, 6.07) is 4.42. The molecule has 0 heterocycles. The van der Waals surface area contributed by atoms with Gasteiger partial charge in [0.05, 0.1) is 0 Å². The highest BCUT2D eigenvalue weighted by Crippen LogP contribution is 2.34. The number of benzene rings is 1. The first-order chi connectivity index (χ1) is 12.9. The molecule has 2 unspecified atom stereocenters. The molecule has 27 heavy (non-hydrogen) atoms. The van der Waals surface area contributed by atoms with E-state index < -0.39 is 11.9 Å². The molecule has 6 heteroatoms. The lowest BCUT2D eigenvalue weighted by atomic mass is 9.89. The number of carbonyl (C=O) groups excluding carboxylic acids is 1. The van der Waals surface area contributed by atoms with Gasteiger partial charge in [0.1, 0.15) is 17.1 Å². The molecule has 0 saturated heterocycles. The smallest absolute Gasteiger partial charge is 0.339 e. The molecular weight excluding hydrogens is 348 g/mol. The van der Waals surface area contributed by atoms with Crippen LogP contribution in [-0.4, -0.2) is 33.0 Å². The van der Waals surface area contributed by atoms with Gasteiger partial charge < -0.3 is 15.3 Å². The maximum absolute atomic E-state index is 12.2. The molecule has 146 valence electrons. The van der Waals surface area contributed by atoms with Crippen LogP contribution >= 0.6 is 0 Å². The van der Waals surface area contributed by atoms with E-state index in [9.17, 15) is 19.5 Å². The number of phenols is 1. The van der Waals surface area contributed by atoms with Crippen molar-refractivity contribution < 1.29 is 29.7 Å². The zero-order valence-corrected chi connectivity index (χ0v) is 15.3. The van der Waals surface area contributed by atoms with E-state index in [4.69, 9.17) is 10.2 Å².